The average Bonchev–Trinajstić information content (AvgIpc) is 2.93. The number of pyridine rings is 1. The molecule has 4 N–H and O–H groups in total. The number of anilines is 4. The second kappa shape index (κ2) is 11.3. The van der Waals surface area contributed by atoms with Crippen LogP contribution in [0.5, 0.6) is 5.75 Å². The highest BCUT2D eigenvalue weighted by Gasteiger charge is 2.18. The molecule has 38 heavy (non-hydrogen) atoms. The summed E-state index contributed by atoms with van der Waals surface area (Å²) in [4.78, 5) is 26.6. The number of aromatic hydroxyl groups is 1. The van der Waals surface area contributed by atoms with Gasteiger partial charge in [-0.1, -0.05) is 29.8 Å². The van der Waals surface area contributed by atoms with Gasteiger partial charge in [0.25, 0.3) is 5.91 Å². The van der Waals surface area contributed by atoms with Crippen molar-refractivity contribution in [3.8, 4) is 16.9 Å². The van der Waals surface area contributed by atoms with E-state index in [9.17, 15) is 14.3 Å². The number of hydrogen-bond acceptors (Lipinski definition) is 9. The summed E-state index contributed by atoms with van der Waals surface area (Å²) in [5.41, 5.74) is 7.90. The number of carbonyl (C=O) groups excluding carboxylic acids is 1. The number of hydrogen-bond donors (Lipinski definition) is 4. The molecule has 2 aromatic heterocycles. The van der Waals surface area contributed by atoms with Crippen molar-refractivity contribution in [2.45, 2.75) is 0 Å². The van der Waals surface area contributed by atoms with Gasteiger partial charge in [-0.15, -0.1) is 0 Å². The molecule has 0 aliphatic carbocycles. The minimum Gasteiger partial charge on any atom is -0.507 e. The van der Waals surface area contributed by atoms with Crippen molar-refractivity contribution in [1.29, 1.82) is 0 Å². The van der Waals surface area contributed by atoms with Gasteiger partial charge in [-0.3, -0.25) is 15.6 Å². The number of nitrogens with zero attached hydrogens (tertiary/aromatic N) is 4. The second-order valence-electron chi connectivity index (χ2n) is 8.35. The van der Waals surface area contributed by atoms with Crippen LogP contribution in [0.4, 0.5) is 27.5 Å². The molecule has 3 heterocycles. The molecule has 0 radical (unpaired) electrons. The Kier molecular flexibility index (Phi) is 7.47. The van der Waals surface area contributed by atoms with E-state index in [4.69, 9.17) is 16.3 Å². The third-order valence-corrected chi connectivity index (χ3v) is 5.94. The molecule has 0 spiro atoms. The van der Waals surface area contributed by atoms with E-state index in [1.807, 2.05) is 12.1 Å². The highest BCUT2D eigenvalue weighted by atomic mass is 35.5. The predicted octanol–water partition coefficient (Wildman–Crippen LogP) is 4.37. The SMILES string of the molecule is O=C(NNc1ncc(F)c(N2CCOCC2)n1)c1ccc(Nc2cc(Cl)cc(-c3ccccc3O)c2)cn1. The fourth-order valence-corrected chi connectivity index (χ4v) is 4.13. The fourth-order valence-electron chi connectivity index (χ4n) is 3.90. The number of para-hydroxylation sites is 1. The first-order chi connectivity index (χ1) is 18.5. The first-order valence-electron chi connectivity index (χ1n) is 11.7. The molecule has 1 saturated heterocycles. The molecule has 1 fully saturated rings. The van der Waals surface area contributed by atoms with Gasteiger partial charge in [0.15, 0.2) is 11.6 Å². The molecular formula is C26H23ClFN7O3. The molecular weight excluding hydrogens is 513 g/mol. The molecule has 1 aliphatic rings. The maximum Gasteiger partial charge on any atom is 0.288 e. The Bertz CT molecular complexity index is 1450. The van der Waals surface area contributed by atoms with E-state index in [2.05, 4.69) is 31.1 Å². The van der Waals surface area contributed by atoms with E-state index in [1.54, 1.807) is 47.4 Å². The standard InChI is InChI=1S/C26H23ClFN7O3/c27-17-11-16(20-3-1-2-4-23(20)36)12-19(13-17)31-18-5-6-22(29-14-18)25(37)33-34-26-30-15-21(28)24(32-26)35-7-9-38-10-8-35/h1-6,11-15,31,36H,7-10H2,(H,33,37)(H,30,32,34). The molecule has 0 saturated carbocycles. The maximum absolute atomic E-state index is 14.2. The Labute approximate surface area is 222 Å². The van der Waals surface area contributed by atoms with Crippen LogP contribution in [0.3, 0.4) is 0 Å². The number of benzene rings is 2. The number of morpholine rings is 1. The Morgan fingerprint density at radius 3 is 2.61 bits per heavy atom. The highest BCUT2D eigenvalue weighted by molar-refractivity contribution is 6.31. The lowest BCUT2D eigenvalue weighted by molar-refractivity contribution is 0.0957. The van der Waals surface area contributed by atoms with Crippen LogP contribution in [0.15, 0.2) is 67.0 Å². The lowest BCUT2D eigenvalue weighted by Crippen LogP contribution is -2.38. The van der Waals surface area contributed by atoms with Gasteiger partial charge in [-0.05, 0) is 42.0 Å². The first-order valence-corrected chi connectivity index (χ1v) is 12.1. The van der Waals surface area contributed by atoms with Crippen molar-refractivity contribution in [2.75, 3.05) is 41.9 Å². The van der Waals surface area contributed by atoms with Crippen LogP contribution >= 0.6 is 11.6 Å². The molecule has 1 amide bonds. The molecule has 0 bridgehead atoms. The zero-order valence-corrected chi connectivity index (χ0v) is 20.7. The number of nitrogens with one attached hydrogen (secondary N) is 3. The van der Waals surface area contributed by atoms with Gasteiger partial charge in [0.05, 0.1) is 31.3 Å². The number of rotatable bonds is 7. The quantitative estimate of drug-likeness (QED) is 0.255. The third-order valence-electron chi connectivity index (χ3n) is 5.72. The van der Waals surface area contributed by atoms with Gasteiger partial charge in [0.2, 0.25) is 5.95 Å². The summed E-state index contributed by atoms with van der Waals surface area (Å²) in [6.45, 7) is 1.98. The van der Waals surface area contributed by atoms with Crippen LogP contribution in [0.25, 0.3) is 11.1 Å². The number of hydrazine groups is 1. The second-order valence-corrected chi connectivity index (χ2v) is 8.78. The number of halogens is 2. The maximum atomic E-state index is 14.2. The third kappa shape index (κ3) is 5.90. The van der Waals surface area contributed by atoms with Crippen LogP contribution < -0.4 is 21.1 Å². The zero-order valence-electron chi connectivity index (χ0n) is 20.0. The number of aromatic nitrogens is 3. The summed E-state index contributed by atoms with van der Waals surface area (Å²) in [5, 5.41) is 13.9. The summed E-state index contributed by atoms with van der Waals surface area (Å²) in [6.07, 6.45) is 2.55. The Morgan fingerprint density at radius 1 is 1.03 bits per heavy atom. The van der Waals surface area contributed by atoms with Crippen molar-refractivity contribution in [1.82, 2.24) is 20.4 Å². The smallest absolute Gasteiger partial charge is 0.288 e. The lowest BCUT2D eigenvalue weighted by Gasteiger charge is -2.28. The van der Waals surface area contributed by atoms with Crippen molar-refractivity contribution in [3.63, 3.8) is 0 Å². The molecule has 0 atom stereocenters. The van der Waals surface area contributed by atoms with E-state index in [0.717, 1.165) is 11.8 Å². The summed E-state index contributed by atoms with van der Waals surface area (Å²) in [6, 6.07) is 15.6. The van der Waals surface area contributed by atoms with E-state index < -0.39 is 11.7 Å². The normalized spacial score (nSPS) is 13.2. The van der Waals surface area contributed by atoms with Crippen molar-refractivity contribution in [3.05, 3.63) is 83.5 Å². The van der Waals surface area contributed by atoms with Gasteiger partial charge in [-0.25, -0.2) is 14.4 Å². The fraction of sp³-hybridized carbons (Fsp3) is 0.154. The summed E-state index contributed by atoms with van der Waals surface area (Å²) >= 11 is 6.30. The van der Waals surface area contributed by atoms with Gasteiger partial charge >= 0.3 is 0 Å². The summed E-state index contributed by atoms with van der Waals surface area (Å²) in [5.74, 6) is -0.751. The number of phenols is 1. The van der Waals surface area contributed by atoms with Crippen LogP contribution in [0.2, 0.25) is 5.02 Å². The molecule has 5 rings (SSSR count). The topological polar surface area (TPSA) is 125 Å². The van der Waals surface area contributed by atoms with E-state index in [1.165, 1.54) is 6.20 Å². The van der Waals surface area contributed by atoms with Gasteiger partial charge < -0.3 is 20.1 Å². The molecule has 10 nitrogen and oxygen atoms in total. The molecule has 194 valence electrons. The largest absolute Gasteiger partial charge is 0.507 e. The zero-order chi connectivity index (χ0) is 26.5. The number of carbonyl (C=O) groups is 1. The highest BCUT2D eigenvalue weighted by Crippen LogP contribution is 2.33. The lowest BCUT2D eigenvalue weighted by atomic mass is 10.0. The average molecular weight is 536 g/mol. The summed E-state index contributed by atoms with van der Waals surface area (Å²) in [7, 11) is 0. The Hall–Kier alpha value is -4.48. The first kappa shape index (κ1) is 25.2. The van der Waals surface area contributed by atoms with E-state index in [0.29, 0.717) is 48.3 Å². The minimum atomic E-state index is -0.555. The van der Waals surface area contributed by atoms with Crippen molar-refractivity contribution >= 4 is 40.6 Å². The predicted molar refractivity (Wildman–Crippen MR) is 142 cm³/mol. The van der Waals surface area contributed by atoms with E-state index in [-0.39, 0.29) is 23.2 Å². The molecule has 2 aromatic carbocycles. The van der Waals surface area contributed by atoms with Gasteiger partial charge in [0, 0.05) is 29.4 Å². The van der Waals surface area contributed by atoms with Gasteiger partial charge in [-0.2, -0.15) is 4.98 Å². The molecule has 12 heteroatoms. The van der Waals surface area contributed by atoms with Crippen molar-refractivity contribution < 1.29 is 19.0 Å². The van der Waals surface area contributed by atoms with Gasteiger partial charge in [0.1, 0.15) is 11.4 Å². The Morgan fingerprint density at radius 2 is 1.84 bits per heavy atom. The van der Waals surface area contributed by atoms with E-state index >= 15 is 0 Å². The summed E-state index contributed by atoms with van der Waals surface area (Å²) < 4.78 is 19.5. The minimum absolute atomic E-state index is 0.0424. The molecule has 0 unspecified atom stereocenters. The van der Waals surface area contributed by atoms with Crippen LogP contribution in [0.1, 0.15) is 10.5 Å². The monoisotopic (exact) mass is 535 g/mol. The number of amides is 1. The van der Waals surface area contributed by atoms with Crippen LogP contribution in [-0.2, 0) is 4.74 Å². The Balaban J connectivity index is 1.23. The molecule has 1 aliphatic heterocycles. The van der Waals surface area contributed by atoms with Crippen molar-refractivity contribution in [2.24, 2.45) is 0 Å². The number of phenolic OH excluding ortho intramolecular Hbond substituents is 1. The van der Waals surface area contributed by atoms with Crippen LogP contribution in [-0.4, -0.2) is 52.3 Å². The molecule has 4 aromatic rings. The number of ether oxygens (including phenoxy) is 1. The van der Waals surface area contributed by atoms with Crippen LogP contribution in [0, 0.1) is 5.82 Å².